The number of aliphatic hydroxyl groups excluding tert-OH is 1. The van der Waals surface area contributed by atoms with Gasteiger partial charge in [-0.15, -0.1) is 0 Å². The van der Waals surface area contributed by atoms with Gasteiger partial charge in [0.1, 0.15) is 6.10 Å². The first-order chi connectivity index (χ1) is 8.50. The minimum Gasteiger partial charge on any atom is -0.385 e. The highest BCUT2D eigenvalue weighted by atomic mass is 19.3. The second-order valence-electron chi connectivity index (χ2n) is 5.00. The molecule has 2 N–H and O–H groups in total. The maximum Gasteiger partial charge on any atom is 0.274 e. The Kier molecular flexibility index (Phi) is 3.97. The molecule has 0 aromatic heterocycles. The van der Waals surface area contributed by atoms with Gasteiger partial charge in [-0.05, 0) is 25.3 Å². The van der Waals surface area contributed by atoms with Crippen molar-refractivity contribution < 1.29 is 13.9 Å². The Hall–Kier alpha value is -1.00. The molecule has 4 heteroatoms. The topological polar surface area (TPSA) is 32.3 Å². The summed E-state index contributed by atoms with van der Waals surface area (Å²) in [5, 5.41) is 12.8. The van der Waals surface area contributed by atoms with E-state index in [1.807, 2.05) is 37.3 Å². The van der Waals surface area contributed by atoms with E-state index >= 15 is 0 Å². The molecule has 1 aromatic carbocycles. The number of hydrogen-bond donors (Lipinski definition) is 2. The zero-order valence-corrected chi connectivity index (χ0v) is 10.4. The van der Waals surface area contributed by atoms with Crippen molar-refractivity contribution in [1.82, 2.24) is 5.32 Å². The van der Waals surface area contributed by atoms with E-state index in [0.717, 1.165) is 5.56 Å². The van der Waals surface area contributed by atoms with Crippen LogP contribution in [-0.4, -0.2) is 23.2 Å². The molecule has 0 bridgehead atoms. The Labute approximate surface area is 106 Å². The molecule has 0 aliphatic heterocycles. The molecule has 100 valence electrons. The second-order valence-corrected chi connectivity index (χ2v) is 5.00. The van der Waals surface area contributed by atoms with Gasteiger partial charge in [0.2, 0.25) is 0 Å². The summed E-state index contributed by atoms with van der Waals surface area (Å²) in [6.07, 6.45) is -0.763. The molecular weight excluding hydrogens is 236 g/mol. The third-order valence-electron chi connectivity index (χ3n) is 3.60. The van der Waals surface area contributed by atoms with Crippen LogP contribution in [-0.2, 0) is 0 Å². The van der Waals surface area contributed by atoms with E-state index in [4.69, 9.17) is 0 Å². The molecule has 0 heterocycles. The van der Waals surface area contributed by atoms with Crippen LogP contribution in [0.5, 0.6) is 0 Å². The van der Waals surface area contributed by atoms with Crippen molar-refractivity contribution >= 4 is 0 Å². The van der Waals surface area contributed by atoms with Gasteiger partial charge < -0.3 is 10.4 Å². The standard InChI is InChI=1S/C14H19F2NO/c1-10(11-6-3-2-4-7-11)17-12-8-5-9-14(15,16)13(12)18/h2-4,6-7,10,12-13,17-18H,5,8-9H2,1H3. The summed E-state index contributed by atoms with van der Waals surface area (Å²) < 4.78 is 26.8. The molecule has 0 amide bonds. The van der Waals surface area contributed by atoms with Gasteiger partial charge in [0.15, 0.2) is 0 Å². The summed E-state index contributed by atoms with van der Waals surface area (Å²) >= 11 is 0. The summed E-state index contributed by atoms with van der Waals surface area (Å²) in [5.74, 6) is -2.97. The first-order valence-corrected chi connectivity index (χ1v) is 6.37. The summed E-state index contributed by atoms with van der Waals surface area (Å²) in [7, 11) is 0. The fourth-order valence-electron chi connectivity index (χ4n) is 2.49. The van der Waals surface area contributed by atoms with Gasteiger partial charge >= 0.3 is 0 Å². The van der Waals surface area contributed by atoms with Crippen molar-refractivity contribution in [2.24, 2.45) is 0 Å². The lowest BCUT2D eigenvalue weighted by Crippen LogP contribution is -2.53. The Bertz CT molecular complexity index is 383. The smallest absolute Gasteiger partial charge is 0.274 e. The summed E-state index contributed by atoms with van der Waals surface area (Å²) in [6.45, 7) is 1.93. The largest absolute Gasteiger partial charge is 0.385 e. The minimum absolute atomic E-state index is 0.0419. The molecule has 1 aliphatic carbocycles. The van der Waals surface area contributed by atoms with Gasteiger partial charge in [0, 0.05) is 18.5 Å². The van der Waals surface area contributed by atoms with E-state index in [9.17, 15) is 13.9 Å². The number of hydrogen-bond acceptors (Lipinski definition) is 2. The average molecular weight is 255 g/mol. The van der Waals surface area contributed by atoms with Gasteiger partial charge in [-0.2, -0.15) is 0 Å². The molecule has 1 aromatic rings. The van der Waals surface area contributed by atoms with E-state index in [1.54, 1.807) is 0 Å². The van der Waals surface area contributed by atoms with Gasteiger partial charge in [-0.3, -0.25) is 0 Å². The van der Waals surface area contributed by atoms with Crippen molar-refractivity contribution in [1.29, 1.82) is 0 Å². The zero-order chi connectivity index (χ0) is 13.2. The molecule has 1 saturated carbocycles. The number of aliphatic hydroxyl groups is 1. The average Bonchev–Trinajstić information content (AvgIpc) is 2.36. The van der Waals surface area contributed by atoms with Crippen LogP contribution in [0.15, 0.2) is 30.3 Å². The van der Waals surface area contributed by atoms with Crippen LogP contribution >= 0.6 is 0 Å². The SMILES string of the molecule is CC(NC1CCCC(F)(F)C1O)c1ccccc1. The highest BCUT2D eigenvalue weighted by Crippen LogP contribution is 2.34. The predicted molar refractivity (Wildman–Crippen MR) is 66.6 cm³/mol. The zero-order valence-electron chi connectivity index (χ0n) is 10.4. The van der Waals surface area contributed by atoms with E-state index < -0.39 is 18.1 Å². The molecule has 18 heavy (non-hydrogen) atoms. The first kappa shape index (κ1) is 13.4. The molecular formula is C14H19F2NO. The lowest BCUT2D eigenvalue weighted by molar-refractivity contribution is -0.144. The molecule has 0 spiro atoms. The number of rotatable bonds is 3. The van der Waals surface area contributed by atoms with E-state index in [2.05, 4.69) is 5.32 Å². The molecule has 2 rings (SSSR count). The predicted octanol–water partition coefficient (Wildman–Crippen LogP) is 2.89. The molecule has 2 nitrogen and oxygen atoms in total. The van der Waals surface area contributed by atoms with Crippen LogP contribution in [0, 0.1) is 0 Å². The quantitative estimate of drug-likeness (QED) is 0.870. The van der Waals surface area contributed by atoms with Crippen LogP contribution < -0.4 is 5.32 Å². The highest BCUT2D eigenvalue weighted by Gasteiger charge is 2.46. The van der Waals surface area contributed by atoms with Crippen molar-refractivity contribution in [3.63, 3.8) is 0 Å². The van der Waals surface area contributed by atoms with Crippen molar-refractivity contribution in [2.45, 2.75) is 50.3 Å². The van der Waals surface area contributed by atoms with E-state index in [-0.39, 0.29) is 12.5 Å². The fraction of sp³-hybridized carbons (Fsp3) is 0.571. The third-order valence-corrected chi connectivity index (χ3v) is 3.60. The van der Waals surface area contributed by atoms with Crippen LogP contribution in [0.1, 0.15) is 37.8 Å². The molecule has 3 unspecified atom stereocenters. The van der Waals surface area contributed by atoms with Crippen LogP contribution in [0.25, 0.3) is 0 Å². The number of benzene rings is 1. The Morgan fingerprint density at radius 3 is 2.67 bits per heavy atom. The summed E-state index contributed by atoms with van der Waals surface area (Å²) in [4.78, 5) is 0. The van der Waals surface area contributed by atoms with Gasteiger partial charge in [0.05, 0.1) is 0 Å². The van der Waals surface area contributed by atoms with Crippen molar-refractivity contribution in [3.05, 3.63) is 35.9 Å². The Morgan fingerprint density at radius 1 is 1.33 bits per heavy atom. The van der Waals surface area contributed by atoms with E-state index in [1.165, 1.54) is 0 Å². The maximum atomic E-state index is 13.4. The monoisotopic (exact) mass is 255 g/mol. The molecule has 1 aliphatic rings. The minimum atomic E-state index is -2.97. The summed E-state index contributed by atoms with van der Waals surface area (Å²) in [5.41, 5.74) is 1.04. The van der Waals surface area contributed by atoms with Gasteiger partial charge in [-0.25, -0.2) is 8.78 Å². The third kappa shape index (κ3) is 2.87. The number of nitrogens with one attached hydrogen (secondary N) is 1. The summed E-state index contributed by atoms with van der Waals surface area (Å²) in [6, 6.07) is 9.07. The second kappa shape index (κ2) is 5.33. The lowest BCUT2D eigenvalue weighted by atomic mass is 9.88. The number of alkyl halides is 2. The molecule has 0 radical (unpaired) electrons. The number of halogens is 2. The van der Waals surface area contributed by atoms with E-state index in [0.29, 0.717) is 12.8 Å². The fourth-order valence-corrected chi connectivity index (χ4v) is 2.49. The van der Waals surface area contributed by atoms with Gasteiger partial charge in [0.25, 0.3) is 5.92 Å². The highest BCUT2D eigenvalue weighted by molar-refractivity contribution is 5.18. The van der Waals surface area contributed by atoms with Crippen LogP contribution in [0.4, 0.5) is 8.78 Å². The lowest BCUT2D eigenvalue weighted by Gasteiger charge is -2.36. The van der Waals surface area contributed by atoms with Crippen molar-refractivity contribution in [3.8, 4) is 0 Å². The Balaban J connectivity index is 2.01. The first-order valence-electron chi connectivity index (χ1n) is 6.37. The Morgan fingerprint density at radius 2 is 2.00 bits per heavy atom. The van der Waals surface area contributed by atoms with Crippen LogP contribution in [0.2, 0.25) is 0 Å². The van der Waals surface area contributed by atoms with Gasteiger partial charge in [-0.1, -0.05) is 30.3 Å². The molecule has 0 saturated heterocycles. The normalized spacial score (nSPS) is 28.9. The molecule has 1 fully saturated rings. The molecule has 3 atom stereocenters. The maximum absolute atomic E-state index is 13.4. The van der Waals surface area contributed by atoms with Crippen molar-refractivity contribution in [2.75, 3.05) is 0 Å². The van der Waals surface area contributed by atoms with Crippen LogP contribution in [0.3, 0.4) is 0 Å².